The summed E-state index contributed by atoms with van der Waals surface area (Å²) in [6.45, 7) is 4.65. The molecule has 2 rings (SSSR count). The Kier molecular flexibility index (Phi) is 4.83. The molecule has 1 fully saturated rings. The van der Waals surface area contributed by atoms with Gasteiger partial charge in [0, 0.05) is 19.2 Å². The van der Waals surface area contributed by atoms with E-state index in [1.807, 2.05) is 30.3 Å². The first-order chi connectivity index (χ1) is 8.36. The second-order valence-electron chi connectivity index (χ2n) is 4.46. The van der Waals surface area contributed by atoms with Gasteiger partial charge >= 0.3 is 0 Å². The van der Waals surface area contributed by atoms with E-state index >= 15 is 0 Å². The molecule has 0 amide bonds. The molecule has 3 heteroatoms. The molecule has 0 bridgehead atoms. The molecule has 1 aromatic carbocycles. The van der Waals surface area contributed by atoms with Gasteiger partial charge in [0.05, 0.1) is 6.10 Å². The third kappa shape index (κ3) is 4.02. The lowest BCUT2D eigenvalue weighted by Crippen LogP contribution is -2.39. The summed E-state index contributed by atoms with van der Waals surface area (Å²) in [7, 11) is 0. The minimum atomic E-state index is 0.381. The van der Waals surface area contributed by atoms with Crippen LogP contribution in [0.25, 0.3) is 0 Å². The largest absolute Gasteiger partial charge is 0.492 e. The molecule has 1 N–H and O–H groups in total. The van der Waals surface area contributed by atoms with Crippen molar-refractivity contribution in [1.82, 2.24) is 5.32 Å². The first kappa shape index (κ1) is 12.4. The smallest absolute Gasteiger partial charge is 0.119 e. The van der Waals surface area contributed by atoms with Gasteiger partial charge in [-0.15, -0.1) is 0 Å². The number of benzene rings is 1. The molecule has 3 nitrogen and oxygen atoms in total. The highest BCUT2D eigenvalue weighted by atomic mass is 16.5. The maximum absolute atomic E-state index is 5.63. The Morgan fingerprint density at radius 1 is 1.41 bits per heavy atom. The van der Waals surface area contributed by atoms with E-state index in [4.69, 9.17) is 9.47 Å². The fourth-order valence-corrected chi connectivity index (χ4v) is 2.10. The standard InChI is InChI=1S/C14H21NO2/c1-12(14-8-5-10-17-14)15-9-11-16-13-6-3-2-4-7-13/h2-4,6-7,12,14-15H,5,8-11H2,1H3. The predicted octanol–water partition coefficient (Wildman–Crippen LogP) is 2.22. The predicted molar refractivity (Wildman–Crippen MR) is 68.4 cm³/mol. The Balaban J connectivity index is 1.59. The third-order valence-electron chi connectivity index (χ3n) is 3.10. The number of hydrogen-bond donors (Lipinski definition) is 1. The van der Waals surface area contributed by atoms with Gasteiger partial charge in [0.15, 0.2) is 0 Å². The highest BCUT2D eigenvalue weighted by Gasteiger charge is 2.21. The van der Waals surface area contributed by atoms with Crippen LogP contribution in [0.5, 0.6) is 5.75 Å². The fraction of sp³-hybridized carbons (Fsp3) is 0.571. The van der Waals surface area contributed by atoms with Crippen LogP contribution in [0.4, 0.5) is 0 Å². The van der Waals surface area contributed by atoms with Crippen LogP contribution < -0.4 is 10.1 Å². The molecule has 2 unspecified atom stereocenters. The second kappa shape index (κ2) is 6.62. The molecule has 1 saturated heterocycles. The lowest BCUT2D eigenvalue weighted by atomic mass is 10.1. The van der Waals surface area contributed by atoms with Gasteiger partial charge in [0.25, 0.3) is 0 Å². The summed E-state index contributed by atoms with van der Waals surface area (Å²) in [5.41, 5.74) is 0. The molecular weight excluding hydrogens is 214 g/mol. The van der Waals surface area contributed by atoms with Crippen molar-refractivity contribution >= 4 is 0 Å². The van der Waals surface area contributed by atoms with Crippen LogP contribution in [0.1, 0.15) is 19.8 Å². The van der Waals surface area contributed by atoms with Crippen LogP contribution >= 0.6 is 0 Å². The summed E-state index contributed by atoms with van der Waals surface area (Å²) >= 11 is 0. The second-order valence-corrected chi connectivity index (χ2v) is 4.46. The van der Waals surface area contributed by atoms with Crippen molar-refractivity contribution in [2.45, 2.75) is 31.9 Å². The van der Waals surface area contributed by atoms with Crippen molar-refractivity contribution in [3.05, 3.63) is 30.3 Å². The Hall–Kier alpha value is -1.06. The Labute approximate surface area is 103 Å². The van der Waals surface area contributed by atoms with E-state index in [0.717, 1.165) is 18.9 Å². The van der Waals surface area contributed by atoms with E-state index in [1.54, 1.807) is 0 Å². The van der Waals surface area contributed by atoms with Crippen molar-refractivity contribution in [3.63, 3.8) is 0 Å². The van der Waals surface area contributed by atoms with Crippen molar-refractivity contribution in [2.24, 2.45) is 0 Å². The van der Waals surface area contributed by atoms with Crippen LogP contribution in [0, 0.1) is 0 Å². The maximum atomic E-state index is 5.63. The van der Waals surface area contributed by atoms with Crippen LogP contribution in [0.3, 0.4) is 0 Å². The van der Waals surface area contributed by atoms with Gasteiger partial charge < -0.3 is 14.8 Å². The molecule has 1 aliphatic heterocycles. The lowest BCUT2D eigenvalue weighted by molar-refractivity contribution is 0.0824. The number of hydrogen-bond acceptors (Lipinski definition) is 3. The zero-order valence-electron chi connectivity index (χ0n) is 10.4. The monoisotopic (exact) mass is 235 g/mol. The summed E-state index contributed by atoms with van der Waals surface area (Å²) < 4.78 is 11.2. The normalized spacial score (nSPS) is 21.4. The van der Waals surface area contributed by atoms with E-state index < -0.39 is 0 Å². The zero-order valence-corrected chi connectivity index (χ0v) is 10.4. The van der Waals surface area contributed by atoms with E-state index in [-0.39, 0.29) is 0 Å². The van der Waals surface area contributed by atoms with Crippen LogP contribution in [0.15, 0.2) is 30.3 Å². The van der Waals surface area contributed by atoms with E-state index in [0.29, 0.717) is 18.8 Å². The summed E-state index contributed by atoms with van der Waals surface area (Å²) in [4.78, 5) is 0. The molecule has 0 aliphatic carbocycles. The van der Waals surface area contributed by atoms with Crippen LogP contribution in [0.2, 0.25) is 0 Å². The van der Waals surface area contributed by atoms with E-state index in [2.05, 4.69) is 12.2 Å². The lowest BCUT2D eigenvalue weighted by Gasteiger charge is -2.20. The van der Waals surface area contributed by atoms with Gasteiger partial charge in [-0.2, -0.15) is 0 Å². The van der Waals surface area contributed by atoms with Gasteiger partial charge in [-0.1, -0.05) is 18.2 Å². The van der Waals surface area contributed by atoms with Crippen molar-refractivity contribution in [3.8, 4) is 5.75 Å². The molecule has 0 aromatic heterocycles. The summed E-state index contributed by atoms with van der Waals surface area (Å²) in [6, 6.07) is 10.3. The average Bonchev–Trinajstić information content (AvgIpc) is 2.89. The number of ether oxygens (including phenoxy) is 2. The SMILES string of the molecule is CC(NCCOc1ccccc1)C1CCCO1. The van der Waals surface area contributed by atoms with Crippen LogP contribution in [-0.4, -0.2) is 31.9 Å². The first-order valence-corrected chi connectivity index (χ1v) is 6.39. The highest BCUT2D eigenvalue weighted by Crippen LogP contribution is 2.15. The zero-order chi connectivity index (χ0) is 11.9. The molecule has 1 aliphatic rings. The van der Waals surface area contributed by atoms with Gasteiger partial charge in [0.2, 0.25) is 0 Å². The number of para-hydroxylation sites is 1. The number of rotatable bonds is 6. The maximum Gasteiger partial charge on any atom is 0.119 e. The quantitative estimate of drug-likeness (QED) is 0.767. The topological polar surface area (TPSA) is 30.5 Å². The molecule has 2 atom stereocenters. The molecule has 1 aromatic rings. The fourth-order valence-electron chi connectivity index (χ4n) is 2.10. The van der Waals surface area contributed by atoms with Gasteiger partial charge in [0.1, 0.15) is 12.4 Å². The first-order valence-electron chi connectivity index (χ1n) is 6.39. The van der Waals surface area contributed by atoms with Gasteiger partial charge in [-0.25, -0.2) is 0 Å². The molecule has 0 spiro atoms. The molecule has 0 radical (unpaired) electrons. The molecule has 94 valence electrons. The average molecular weight is 235 g/mol. The summed E-state index contributed by atoms with van der Waals surface area (Å²) in [5, 5.41) is 3.44. The van der Waals surface area contributed by atoms with Gasteiger partial charge in [-0.05, 0) is 31.9 Å². The Morgan fingerprint density at radius 2 is 2.24 bits per heavy atom. The Bertz CT molecular complexity index is 309. The van der Waals surface area contributed by atoms with Gasteiger partial charge in [-0.3, -0.25) is 0 Å². The third-order valence-corrected chi connectivity index (χ3v) is 3.10. The van der Waals surface area contributed by atoms with Crippen LogP contribution in [-0.2, 0) is 4.74 Å². The summed E-state index contributed by atoms with van der Waals surface area (Å²) in [5.74, 6) is 0.930. The van der Waals surface area contributed by atoms with E-state index in [9.17, 15) is 0 Å². The highest BCUT2D eigenvalue weighted by molar-refractivity contribution is 5.20. The summed E-state index contributed by atoms with van der Waals surface area (Å²) in [6.07, 6.45) is 2.75. The molecular formula is C14H21NO2. The molecule has 17 heavy (non-hydrogen) atoms. The Morgan fingerprint density at radius 3 is 2.94 bits per heavy atom. The molecule has 1 heterocycles. The molecule has 0 saturated carbocycles. The van der Waals surface area contributed by atoms with Crippen molar-refractivity contribution in [1.29, 1.82) is 0 Å². The minimum Gasteiger partial charge on any atom is -0.492 e. The number of nitrogens with one attached hydrogen (secondary N) is 1. The minimum absolute atomic E-state index is 0.381. The van der Waals surface area contributed by atoms with Crippen molar-refractivity contribution < 1.29 is 9.47 Å². The van der Waals surface area contributed by atoms with Crippen molar-refractivity contribution in [2.75, 3.05) is 19.8 Å². The van der Waals surface area contributed by atoms with E-state index in [1.165, 1.54) is 12.8 Å².